The highest BCUT2D eigenvalue weighted by Crippen LogP contribution is 2.35. The molecule has 2 aliphatic rings. The molecule has 1 atom stereocenters. The van der Waals surface area contributed by atoms with Crippen LogP contribution in [0.1, 0.15) is 32.6 Å². The lowest BCUT2D eigenvalue weighted by atomic mass is 10.1. The maximum atomic E-state index is 10.8. The normalized spacial score (nSPS) is 25.3. The van der Waals surface area contributed by atoms with Gasteiger partial charge in [-0.2, -0.15) is 0 Å². The Hall–Kier alpha value is -0.610. The van der Waals surface area contributed by atoms with Gasteiger partial charge in [-0.05, 0) is 38.5 Å². The molecular weight excluding hydrogens is 194 g/mol. The molecule has 0 heterocycles. The van der Waals surface area contributed by atoms with E-state index in [1.165, 1.54) is 19.8 Å². The van der Waals surface area contributed by atoms with Gasteiger partial charge in [-0.3, -0.25) is 4.90 Å². The van der Waals surface area contributed by atoms with E-state index in [1.807, 2.05) is 0 Å². The van der Waals surface area contributed by atoms with Crippen LogP contribution in [-0.2, 0) is 4.79 Å². The van der Waals surface area contributed by atoms with Gasteiger partial charge in [0.15, 0.2) is 5.60 Å². The maximum Gasteiger partial charge on any atom is 0.336 e. The smallest absolute Gasteiger partial charge is 0.336 e. The summed E-state index contributed by atoms with van der Waals surface area (Å²) < 4.78 is 0. The lowest BCUT2D eigenvalue weighted by molar-refractivity contribution is -0.158. The number of carboxylic acids is 1. The van der Waals surface area contributed by atoms with Crippen LogP contribution in [0, 0.1) is 5.92 Å². The molecule has 0 radical (unpaired) electrons. The third-order valence-corrected chi connectivity index (χ3v) is 3.22. The summed E-state index contributed by atoms with van der Waals surface area (Å²) in [5.74, 6) is -0.376. The van der Waals surface area contributed by atoms with Gasteiger partial charge in [-0.15, -0.1) is 0 Å². The molecule has 15 heavy (non-hydrogen) atoms. The topological polar surface area (TPSA) is 60.8 Å². The Balaban J connectivity index is 1.89. The Morgan fingerprint density at radius 2 is 2.00 bits per heavy atom. The van der Waals surface area contributed by atoms with Gasteiger partial charge in [0.2, 0.25) is 0 Å². The fourth-order valence-corrected chi connectivity index (χ4v) is 1.88. The highest BCUT2D eigenvalue weighted by Gasteiger charge is 2.40. The van der Waals surface area contributed by atoms with E-state index >= 15 is 0 Å². The Morgan fingerprint density at radius 1 is 1.40 bits per heavy atom. The van der Waals surface area contributed by atoms with Crippen molar-refractivity contribution in [3.8, 4) is 0 Å². The molecule has 1 unspecified atom stereocenters. The second-order valence-electron chi connectivity index (χ2n) is 5.18. The molecule has 4 nitrogen and oxygen atoms in total. The van der Waals surface area contributed by atoms with Crippen LogP contribution >= 0.6 is 0 Å². The summed E-state index contributed by atoms with van der Waals surface area (Å²) in [6, 6.07) is 0.524. The van der Waals surface area contributed by atoms with Crippen LogP contribution < -0.4 is 0 Å². The van der Waals surface area contributed by atoms with E-state index in [1.54, 1.807) is 0 Å². The minimum Gasteiger partial charge on any atom is -0.479 e. The van der Waals surface area contributed by atoms with Gasteiger partial charge in [0.25, 0.3) is 0 Å². The molecule has 0 bridgehead atoms. The average Bonchev–Trinajstić information content (AvgIpc) is 2.98. The highest BCUT2D eigenvalue weighted by atomic mass is 16.4. The van der Waals surface area contributed by atoms with Crippen molar-refractivity contribution in [2.75, 3.05) is 13.1 Å². The van der Waals surface area contributed by atoms with Crippen LogP contribution in [0.3, 0.4) is 0 Å². The van der Waals surface area contributed by atoms with Crippen molar-refractivity contribution >= 4 is 5.97 Å². The van der Waals surface area contributed by atoms with Gasteiger partial charge in [0.05, 0.1) is 0 Å². The van der Waals surface area contributed by atoms with Gasteiger partial charge >= 0.3 is 5.97 Å². The van der Waals surface area contributed by atoms with Crippen molar-refractivity contribution in [2.45, 2.75) is 44.2 Å². The number of hydrogen-bond donors (Lipinski definition) is 2. The van der Waals surface area contributed by atoms with Crippen molar-refractivity contribution in [2.24, 2.45) is 5.92 Å². The third kappa shape index (κ3) is 2.92. The van der Waals surface area contributed by atoms with Crippen LogP contribution in [0.15, 0.2) is 0 Å². The minimum absolute atomic E-state index is 0.267. The first-order valence-electron chi connectivity index (χ1n) is 5.69. The largest absolute Gasteiger partial charge is 0.479 e. The highest BCUT2D eigenvalue weighted by molar-refractivity contribution is 5.76. The Kier molecular flexibility index (Phi) is 2.73. The summed E-state index contributed by atoms with van der Waals surface area (Å²) in [7, 11) is 0. The van der Waals surface area contributed by atoms with E-state index in [0.717, 1.165) is 25.3 Å². The fourth-order valence-electron chi connectivity index (χ4n) is 1.88. The first-order chi connectivity index (χ1) is 6.99. The molecule has 2 rings (SSSR count). The van der Waals surface area contributed by atoms with Gasteiger partial charge < -0.3 is 10.2 Å². The standard InChI is InChI=1S/C11H19NO3/c1-11(15,10(13)14)7-12(9-4-5-9)6-8-2-3-8/h8-9,15H,2-7H2,1H3,(H,13,14). The molecule has 2 saturated carbocycles. The number of hydrogen-bond acceptors (Lipinski definition) is 3. The zero-order chi connectivity index (χ0) is 11.1. The number of aliphatic carboxylic acids is 1. The first-order valence-corrected chi connectivity index (χ1v) is 5.69. The molecule has 0 aromatic carbocycles. The van der Waals surface area contributed by atoms with Crippen molar-refractivity contribution in [3.63, 3.8) is 0 Å². The zero-order valence-electron chi connectivity index (χ0n) is 9.15. The molecule has 0 aliphatic heterocycles. The van der Waals surface area contributed by atoms with Crippen molar-refractivity contribution in [1.82, 2.24) is 4.90 Å². The SMILES string of the molecule is CC(O)(CN(CC1CC1)C1CC1)C(=O)O. The van der Waals surface area contributed by atoms with E-state index in [0.29, 0.717) is 6.04 Å². The summed E-state index contributed by atoms with van der Waals surface area (Å²) in [4.78, 5) is 13.0. The predicted octanol–water partition coefficient (Wildman–Crippen LogP) is 0.696. The molecule has 86 valence electrons. The summed E-state index contributed by atoms with van der Waals surface area (Å²) in [5, 5.41) is 18.6. The van der Waals surface area contributed by atoms with Crippen molar-refractivity contribution in [1.29, 1.82) is 0 Å². The second-order valence-corrected chi connectivity index (χ2v) is 5.18. The van der Waals surface area contributed by atoms with E-state index < -0.39 is 11.6 Å². The van der Waals surface area contributed by atoms with Crippen molar-refractivity contribution in [3.05, 3.63) is 0 Å². The number of aliphatic hydroxyl groups is 1. The average molecular weight is 213 g/mol. The van der Waals surface area contributed by atoms with E-state index in [-0.39, 0.29) is 6.54 Å². The van der Waals surface area contributed by atoms with Crippen LogP contribution in [-0.4, -0.2) is 45.8 Å². The van der Waals surface area contributed by atoms with Crippen LogP contribution in [0.2, 0.25) is 0 Å². The molecule has 2 aliphatic carbocycles. The summed E-state index contributed by atoms with van der Waals surface area (Å²) in [6.45, 7) is 2.62. The summed E-state index contributed by atoms with van der Waals surface area (Å²) in [6.07, 6.45) is 4.84. The van der Waals surface area contributed by atoms with E-state index in [2.05, 4.69) is 4.90 Å². The monoisotopic (exact) mass is 213 g/mol. The molecule has 0 aromatic heterocycles. The minimum atomic E-state index is -1.60. The molecule has 0 spiro atoms. The number of carbonyl (C=O) groups is 1. The quantitative estimate of drug-likeness (QED) is 0.681. The fraction of sp³-hybridized carbons (Fsp3) is 0.909. The molecule has 0 saturated heterocycles. The van der Waals surface area contributed by atoms with Crippen LogP contribution in [0.25, 0.3) is 0 Å². The van der Waals surface area contributed by atoms with E-state index in [9.17, 15) is 9.90 Å². The van der Waals surface area contributed by atoms with Crippen LogP contribution in [0.5, 0.6) is 0 Å². The lowest BCUT2D eigenvalue weighted by Gasteiger charge is -2.28. The Bertz CT molecular complexity index is 257. The molecule has 2 fully saturated rings. The van der Waals surface area contributed by atoms with Gasteiger partial charge in [-0.1, -0.05) is 0 Å². The lowest BCUT2D eigenvalue weighted by Crippen LogP contribution is -2.48. The molecule has 0 amide bonds. The molecule has 4 heteroatoms. The number of carboxylic acid groups (broad SMARTS) is 1. The van der Waals surface area contributed by atoms with Gasteiger partial charge in [-0.25, -0.2) is 4.79 Å². The van der Waals surface area contributed by atoms with Gasteiger partial charge in [0.1, 0.15) is 0 Å². The zero-order valence-corrected chi connectivity index (χ0v) is 9.15. The maximum absolute atomic E-state index is 10.8. The predicted molar refractivity (Wildman–Crippen MR) is 55.6 cm³/mol. The molecular formula is C11H19NO3. The molecule has 2 N–H and O–H groups in total. The Labute approximate surface area is 89.9 Å². The Morgan fingerprint density at radius 3 is 2.40 bits per heavy atom. The third-order valence-electron chi connectivity index (χ3n) is 3.22. The van der Waals surface area contributed by atoms with Crippen molar-refractivity contribution < 1.29 is 15.0 Å². The number of nitrogens with zero attached hydrogens (tertiary/aromatic N) is 1. The van der Waals surface area contributed by atoms with E-state index in [4.69, 9.17) is 5.11 Å². The summed E-state index contributed by atoms with van der Waals surface area (Å²) >= 11 is 0. The second kappa shape index (κ2) is 3.76. The van der Waals surface area contributed by atoms with Crippen LogP contribution in [0.4, 0.5) is 0 Å². The summed E-state index contributed by atoms with van der Waals surface area (Å²) in [5.41, 5.74) is -1.60. The first kappa shape index (κ1) is 10.9. The number of rotatable bonds is 6. The van der Waals surface area contributed by atoms with Gasteiger partial charge in [0, 0.05) is 19.1 Å². The molecule has 0 aromatic rings.